The van der Waals surface area contributed by atoms with Crippen LogP contribution in [0.2, 0.25) is 0 Å². The second-order valence-electron chi connectivity index (χ2n) is 7.68. The molecule has 2 aromatic rings. The highest BCUT2D eigenvalue weighted by Crippen LogP contribution is 2.47. The third-order valence-corrected chi connectivity index (χ3v) is 4.66. The molecular weight excluding hydrogens is 312 g/mol. The van der Waals surface area contributed by atoms with E-state index in [9.17, 15) is 9.59 Å². The van der Waals surface area contributed by atoms with Crippen LogP contribution < -0.4 is 10.6 Å². The third-order valence-electron chi connectivity index (χ3n) is 4.66. The Morgan fingerprint density at radius 1 is 0.800 bits per heavy atom. The minimum Gasteiger partial charge on any atom is -0.325 e. The third kappa shape index (κ3) is 3.73. The van der Waals surface area contributed by atoms with Gasteiger partial charge >= 0.3 is 0 Å². The molecule has 0 aromatic heterocycles. The number of carbonyl (C=O) groups excluding carboxylic acids is 2. The van der Waals surface area contributed by atoms with Crippen molar-refractivity contribution in [3.63, 3.8) is 0 Å². The van der Waals surface area contributed by atoms with Crippen LogP contribution in [0.25, 0.3) is 0 Å². The molecule has 1 aliphatic carbocycles. The highest BCUT2D eigenvalue weighted by atomic mass is 16.2. The molecule has 0 radical (unpaired) electrons. The van der Waals surface area contributed by atoms with Crippen molar-refractivity contribution in [1.82, 2.24) is 0 Å². The summed E-state index contributed by atoms with van der Waals surface area (Å²) >= 11 is 0. The number of hydrogen-bond donors (Lipinski definition) is 2. The zero-order chi connectivity index (χ0) is 18.1. The molecule has 130 valence electrons. The molecule has 0 saturated heterocycles. The standard InChI is InChI=1S/C21H24N2O2/c1-20(2,3)15-9-11-17(12-10-15)23-19(25)21(13-14-21)18(24)22-16-7-5-4-6-8-16/h4-12H,13-14H2,1-3H3,(H,22,24)(H,23,25). The summed E-state index contributed by atoms with van der Waals surface area (Å²) in [6.07, 6.45) is 1.16. The largest absolute Gasteiger partial charge is 0.325 e. The summed E-state index contributed by atoms with van der Waals surface area (Å²) in [7, 11) is 0. The quantitative estimate of drug-likeness (QED) is 0.816. The van der Waals surface area contributed by atoms with Crippen molar-refractivity contribution < 1.29 is 9.59 Å². The lowest BCUT2D eigenvalue weighted by atomic mass is 9.87. The van der Waals surface area contributed by atoms with Crippen LogP contribution in [0.5, 0.6) is 0 Å². The van der Waals surface area contributed by atoms with E-state index in [2.05, 4.69) is 31.4 Å². The number of benzene rings is 2. The summed E-state index contributed by atoms with van der Waals surface area (Å²) in [5.41, 5.74) is 1.75. The van der Waals surface area contributed by atoms with E-state index in [0.717, 1.165) is 5.69 Å². The van der Waals surface area contributed by atoms with E-state index in [4.69, 9.17) is 0 Å². The summed E-state index contributed by atoms with van der Waals surface area (Å²) in [6.45, 7) is 6.44. The van der Waals surface area contributed by atoms with Gasteiger partial charge in [0.2, 0.25) is 11.8 Å². The summed E-state index contributed by atoms with van der Waals surface area (Å²) in [6, 6.07) is 17.0. The molecule has 2 N–H and O–H groups in total. The van der Waals surface area contributed by atoms with Gasteiger partial charge < -0.3 is 10.6 Å². The highest BCUT2D eigenvalue weighted by Gasteiger charge is 2.56. The van der Waals surface area contributed by atoms with E-state index in [1.54, 1.807) is 0 Å². The predicted octanol–water partition coefficient (Wildman–Crippen LogP) is 4.34. The van der Waals surface area contributed by atoms with Gasteiger partial charge in [-0.05, 0) is 48.1 Å². The molecule has 1 saturated carbocycles. The Balaban J connectivity index is 1.67. The molecule has 0 bridgehead atoms. The molecule has 3 rings (SSSR count). The van der Waals surface area contributed by atoms with Crippen molar-refractivity contribution in [2.75, 3.05) is 10.6 Å². The zero-order valence-electron chi connectivity index (χ0n) is 14.9. The Bertz CT molecular complexity index is 770. The van der Waals surface area contributed by atoms with Crippen molar-refractivity contribution in [1.29, 1.82) is 0 Å². The van der Waals surface area contributed by atoms with Crippen LogP contribution in [0.3, 0.4) is 0 Å². The molecule has 0 atom stereocenters. The molecule has 0 heterocycles. The van der Waals surface area contributed by atoms with Gasteiger partial charge in [0.1, 0.15) is 5.41 Å². The lowest BCUT2D eigenvalue weighted by Crippen LogP contribution is -2.35. The van der Waals surface area contributed by atoms with Crippen LogP contribution in [0, 0.1) is 5.41 Å². The first-order chi connectivity index (χ1) is 11.8. The first-order valence-corrected chi connectivity index (χ1v) is 8.60. The molecule has 1 aliphatic rings. The molecular formula is C21H24N2O2. The monoisotopic (exact) mass is 336 g/mol. The SMILES string of the molecule is CC(C)(C)c1ccc(NC(=O)C2(C(=O)Nc3ccccc3)CC2)cc1. The van der Waals surface area contributed by atoms with Crippen LogP contribution in [-0.4, -0.2) is 11.8 Å². The Morgan fingerprint density at radius 3 is 1.72 bits per heavy atom. The maximum atomic E-state index is 12.6. The van der Waals surface area contributed by atoms with Gasteiger partial charge in [-0.1, -0.05) is 51.1 Å². The van der Waals surface area contributed by atoms with E-state index in [-0.39, 0.29) is 17.2 Å². The number of hydrogen-bond acceptors (Lipinski definition) is 2. The van der Waals surface area contributed by atoms with Crippen molar-refractivity contribution in [3.05, 3.63) is 60.2 Å². The molecule has 0 spiro atoms. The van der Waals surface area contributed by atoms with Crippen molar-refractivity contribution in [3.8, 4) is 0 Å². The van der Waals surface area contributed by atoms with E-state index >= 15 is 0 Å². The van der Waals surface area contributed by atoms with Gasteiger partial charge in [0.15, 0.2) is 0 Å². The fraction of sp³-hybridized carbons (Fsp3) is 0.333. The molecule has 4 heteroatoms. The Labute approximate surface area is 148 Å². The van der Waals surface area contributed by atoms with Crippen LogP contribution >= 0.6 is 0 Å². The number of para-hydroxylation sites is 1. The normalized spacial score (nSPS) is 15.3. The molecule has 25 heavy (non-hydrogen) atoms. The van der Waals surface area contributed by atoms with E-state index in [1.165, 1.54) is 5.56 Å². The lowest BCUT2D eigenvalue weighted by Gasteiger charge is -2.20. The van der Waals surface area contributed by atoms with Crippen molar-refractivity contribution in [2.45, 2.75) is 39.0 Å². The van der Waals surface area contributed by atoms with Crippen LogP contribution in [0.4, 0.5) is 11.4 Å². The second-order valence-corrected chi connectivity index (χ2v) is 7.68. The molecule has 4 nitrogen and oxygen atoms in total. The first-order valence-electron chi connectivity index (χ1n) is 8.60. The summed E-state index contributed by atoms with van der Waals surface area (Å²) in [5.74, 6) is -0.466. The van der Waals surface area contributed by atoms with Gasteiger partial charge in [0.05, 0.1) is 0 Å². The first kappa shape index (κ1) is 17.2. The Kier molecular flexibility index (Phi) is 4.38. The topological polar surface area (TPSA) is 58.2 Å². The molecule has 2 aromatic carbocycles. The maximum absolute atomic E-state index is 12.6. The van der Waals surface area contributed by atoms with Crippen LogP contribution in [0.15, 0.2) is 54.6 Å². The molecule has 1 fully saturated rings. The number of nitrogens with one attached hydrogen (secondary N) is 2. The maximum Gasteiger partial charge on any atom is 0.240 e. The average molecular weight is 336 g/mol. The summed E-state index contributed by atoms with van der Waals surface area (Å²) in [4.78, 5) is 25.2. The second kappa shape index (κ2) is 6.36. The van der Waals surface area contributed by atoms with Gasteiger partial charge in [-0.15, -0.1) is 0 Å². The van der Waals surface area contributed by atoms with Crippen LogP contribution in [-0.2, 0) is 15.0 Å². The van der Waals surface area contributed by atoms with Gasteiger partial charge in [-0.25, -0.2) is 0 Å². The molecule has 0 unspecified atom stereocenters. The molecule has 0 aliphatic heterocycles. The minimum atomic E-state index is -0.946. The van der Waals surface area contributed by atoms with Crippen molar-refractivity contribution >= 4 is 23.2 Å². The number of amides is 2. The number of carbonyl (C=O) groups is 2. The van der Waals surface area contributed by atoms with Gasteiger partial charge in [0, 0.05) is 11.4 Å². The number of rotatable bonds is 4. The van der Waals surface area contributed by atoms with Crippen molar-refractivity contribution in [2.24, 2.45) is 5.41 Å². The van der Waals surface area contributed by atoms with Gasteiger partial charge in [-0.2, -0.15) is 0 Å². The predicted molar refractivity (Wildman–Crippen MR) is 101 cm³/mol. The highest BCUT2D eigenvalue weighted by molar-refractivity contribution is 6.16. The van der Waals surface area contributed by atoms with E-state index in [0.29, 0.717) is 18.5 Å². The average Bonchev–Trinajstić information content (AvgIpc) is 3.37. The van der Waals surface area contributed by atoms with E-state index in [1.807, 2.05) is 54.6 Å². The fourth-order valence-corrected chi connectivity index (χ4v) is 2.76. The van der Waals surface area contributed by atoms with Gasteiger partial charge in [0.25, 0.3) is 0 Å². The lowest BCUT2D eigenvalue weighted by molar-refractivity contribution is -0.131. The minimum absolute atomic E-state index is 0.0653. The summed E-state index contributed by atoms with van der Waals surface area (Å²) in [5, 5.41) is 5.73. The fourth-order valence-electron chi connectivity index (χ4n) is 2.76. The smallest absolute Gasteiger partial charge is 0.240 e. The summed E-state index contributed by atoms with van der Waals surface area (Å²) < 4.78 is 0. The Hall–Kier alpha value is -2.62. The van der Waals surface area contributed by atoms with Gasteiger partial charge in [-0.3, -0.25) is 9.59 Å². The van der Waals surface area contributed by atoms with E-state index < -0.39 is 5.41 Å². The number of anilines is 2. The Morgan fingerprint density at radius 2 is 1.28 bits per heavy atom. The molecule has 2 amide bonds. The zero-order valence-corrected chi connectivity index (χ0v) is 14.9. The van der Waals surface area contributed by atoms with Crippen LogP contribution in [0.1, 0.15) is 39.2 Å².